The molecule has 0 radical (unpaired) electrons. The second kappa shape index (κ2) is 5.66. The highest BCUT2D eigenvalue weighted by atomic mass is 35.5. The molecule has 0 amide bonds. The van der Waals surface area contributed by atoms with E-state index in [-0.39, 0.29) is 5.82 Å². The Labute approximate surface area is 120 Å². The number of nitrogens with zero attached hydrogens (tertiary/aromatic N) is 2. The first-order valence-corrected chi connectivity index (χ1v) is 7.40. The van der Waals surface area contributed by atoms with Gasteiger partial charge in [-0.3, -0.25) is 0 Å². The minimum Gasteiger partial charge on any atom is -0.356 e. The molecular formula is C15H22ClFN2. The number of hydrogen-bond acceptors (Lipinski definition) is 2. The molecule has 0 spiro atoms. The largest absolute Gasteiger partial charge is 0.356 e. The average Bonchev–Trinajstić information content (AvgIpc) is 2.37. The van der Waals surface area contributed by atoms with Gasteiger partial charge in [0, 0.05) is 18.7 Å². The van der Waals surface area contributed by atoms with Crippen molar-refractivity contribution in [2.24, 2.45) is 11.3 Å². The summed E-state index contributed by atoms with van der Waals surface area (Å²) in [4.78, 5) is 6.46. The highest BCUT2D eigenvalue weighted by Crippen LogP contribution is 2.35. The van der Waals surface area contributed by atoms with Crippen molar-refractivity contribution >= 4 is 17.4 Å². The second-order valence-corrected chi connectivity index (χ2v) is 6.66. The molecule has 0 N–H and O–H groups in total. The van der Waals surface area contributed by atoms with Crippen molar-refractivity contribution in [3.05, 3.63) is 23.6 Å². The second-order valence-electron chi connectivity index (χ2n) is 6.40. The Morgan fingerprint density at radius 2 is 2.00 bits per heavy atom. The first kappa shape index (κ1) is 14.6. The molecule has 1 aliphatic rings. The van der Waals surface area contributed by atoms with E-state index in [4.69, 9.17) is 11.6 Å². The third kappa shape index (κ3) is 3.38. The molecule has 4 heteroatoms. The molecule has 0 atom stereocenters. The van der Waals surface area contributed by atoms with Crippen molar-refractivity contribution in [3.63, 3.8) is 0 Å². The standard InChI is InChI=1S/C15H22ClFN2/c1-15(2,3)12-4-6-19(7-5-12)14-11(9-16)8-13(17)10-18-14/h8,10,12H,4-7,9H2,1-3H3. The molecule has 1 aromatic heterocycles. The highest BCUT2D eigenvalue weighted by molar-refractivity contribution is 6.17. The average molecular weight is 285 g/mol. The molecule has 1 fully saturated rings. The van der Waals surface area contributed by atoms with Crippen LogP contribution in [0.3, 0.4) is 0 Å². The Morgan fingerprint density at radius 1 is 1.37 bits per heavy atom. The SMILES string of the molecule is CC(C)(C)C1CCN(c2ncc(F)cc2CCl)CC1. The van der Waals surface area contributed by atoms with Gasteiger partial charge in [0.25, 0.3) is 0 Å². The van der Waals surface area contributed by atoms with Crippen LogP contribution in [-0.2, 0) is 5.88 Å². The number of hydrogen-bond donors (Lipinski definition) is 0. The Morgan fingerprint density at radius 3 is 2.53 bits per heavy atom. The Bertz CT molecular complexity index is 434. The summed E-state index contributed by atoms with van der Waals surface area (Å²) in [5, 5.41) is 0. The predicted octanol–water partition coefficient (Wildman–Crippen LogP) is 4.22. The summed E-state index contributed by atoms with van der Waals surface area (Å²) in [6.45, 7) is 8.85. The van der Waals surface area contributed by atoms with Crippen molar-refractivity contribution in [2.45, 2.75) is 39.5 Å². The lowest BCUT2D eigenvalue weighted by Gasteiger charge is -2.39. The van der Waals surface area contributed by atoms with Gasteiger partial charge in [0.15, 0.2) is 0 Å². The molecule has 0 unspecified atom stereocenters. The molecule has 2 nitrogen and oxygen atoms in total. The number of halogens is 2. The van der Waals surface area contributed by atoms with E-state index in [0.717, 1.165) is 43.2 Å². The lowest BCUT2D eigenvalue weighted by molar-refractivity contribution is 0.198. The first-order valence-electron chi connectivity index (χ1n) is 6.87. The molecule has 106 valence electrons. The number of rotatable bonds is 2. The minimum absolute atomic E-state index is 0.305. The predicted molar refractivity (Wildman–Crippen MR) is 78.1 cm³/mol. The fourth-order valence-corrected chi connectivity index (χ4v) is 3.01. The van der Waals surface area contributed by atoms with Gasteiger partial charge in [-0.1, -0.05) is 20.8 Å². The molecule has 0 saturated carbocycles. The van der Waals surface area contributed by atoms with Gasteiger partial charge < -0.3 is 4.90 Å². The number of aromatic nitrogens is 1. The van der Waals surface area contributed by atoms with Gasteiger partial charge in [-0.25, -0.2) is 9.37 Å². The van der Waals surface area contributed by atoms with Gasteiger partial charge >= 0.3 is 0 Å². The van der Waals surface area contributed by atoms with Gasteiger partial charge in [0.05, 0.1) is 12.1 Å². The number of anilines is 1. The fraction of sp³-hybridized carbons (Fsp3) is 0.667. The van der Waals surface area contributed by atoms with E-state index in [2.05, 4.69) is 30.7 Å². The summed E-state index contributed by atoms with van der Waals surface area (Å²) in [5.41, 5.74) is 1.15. The van der Waals surface area contributed by atoms with E-state index in [1.54, 1.807) is 0 Å². The van der Waals surface area contributed by atoms with Gasteiger partial charge in [-0.05, 0) is 30.2 Å². The van der Waals surface area contributed by atoms with Crippen molar-refractivity contribution in [3.8, 4) is 0 Å². The van der Waals surface area contributed by atoms with E-state index in [1.165, 1.54) is 12.3 Å². The maximum atomic E-state index is 13.2. The van der Waals surface area contributed by atoms with E-state index >= 15 is 0 Å². The van der Waals surface area contributed by atoms with Gasteiger partial charge in [-0.15, -0.1) is 11.6 Å². The number of pyridine rings is 1. The zero-order chi connectivity index (χ0) is 14.0. The minimum atomic E-state index is -0.316. The third-order valence-corrected chi connectivity index (χ3v) is 4.36. The summed E-state index contributed by atoms with van der Waals surface area (Å²) >= 11 is 5.89. The van der Waals surface area contributed by atoms with Crippen LogP contribution in [0, 0.1) is 17.2 Å². The highest BCUT2D eigenvalue weighted by Gasteiger charge is 2.29. The van der Waals surface area contributed by atoms with Crippen LogP contribution in [0.25, 0.3) is 0 Å². The zero-order valence-electron chi connectivity index (χ0n) is 11.9. The van der Waals surface area contributed by atoms with Gasteiger partial charge in [-0.2, -0.15) is 0 Å². The maximum absolute atomic E-state index is 13.2. The van der Waals surface area contributed by atoms with Crippen molar-refractivity contribution < 1.29 is 4.39 Å². The van der Waals surface area contributed by atoms with Crippen LogP contribution in [0.1, 0.15) is 39.2 Å². The summed E-state index contributed by atoms with van der Waals surface area (Å²) in [6.07, 6.45) is 3.59. The molecule has 2 rings (SSSR count). The summed E-state index contributed by atoms with van der Waals surface area (Å²) < 4.78 is 13.2. The van der Waals surface area contributed by atoms with Crippen LogP contribution < -0.4 is 4.90 Å². The fourth-order valence-electron chi connectivity index (χ4n) is 2.81. The van der Waals surface area contributed by atoms with E-state index in [0.29, 0.717) is 11.3 Å². The molecule has 19 heavy (non-hydrogen) atoms. The van der Waals surface area contributed by atoms with Crippen LogP contribution in [0.15, 0.2) is 12.3 Å². The Kier molecular flexibility index (Phi) is 4.34. The van der Waals surface area contributed by atoms with E-state index in [9.17, 15) is 4.39 Å². The number of alkyl halides is 1. The van der Waals surface area contributed by atoms with Crippen LogP contribution in [0.2, 0.25) is 0 Å². The van der Waals surface area contributed by atoms with Gasteiger partial charge in [0.1, 0.15) is 11.6 Å². The zero-order valence-corrected chi connectivity index (χ0v) is 12.7. The van der Waals surface area contributed by atoms with Gasteiger partial charge in [0.2, 0.25) is 0 Å². The molecule has 0 aromatic carbocycles. The van der Waals surface area contributed by atoms with Crippen LogP contribution in [0.5, 0.6) is 0 Å². The quantitative estimate of drug-likeness (QED) is 0.756. The van der Waals surface area contributed by atoms with E-state index < -0.39 is 0 Å². The molecule has 1 saturated heterocycles. The van der Waals surface area contributed by atoms with Crippen molar-refractivity contribution in [1.29, 1.82) is 0 Å². The topological polar surface area (TPSA) is 16.1 Å². The van der Waals surface area contributed by atoms with Crippen molar-refractivity contribution in [2.75, 3.05) is 18.0 Å². The van der Waals surface area contributed by atoms with Crippen molar-refractivity contribution in [1.82, 2.24) is 4.98 Å². The van der Waals surface area contributed by atoms with Crippen LogP contribution in [-0.4, -0.2) is 18.1 Å². The molecule has 0 bridgehead atoms. The normalized spacial score (nSPS) is 17.8. The lowest BCUT2D eigenvalue weighted by atomic mass is 9.75. The summed E-state index contributed by atoms with van der Waals surface area (Å²) in [7, 11) is 0. The molecule has 0 aliphatic carbocycles. The first-order chi connectivity index (χ1) is 8.91. The molecule has 1 aliphatic heterocycles. The monoisotopic (exact) mass is 284 g/mol. The van der Waals surface area contributed by atoms with Crippen LogP contribution >= 0.6 is 11.6 Å². The maximum Gasteiger partial charge on any atom is 0.141 e. The molecular weight excluding hydrogens is 263 g/mol. The van der Waals surface area contributed by atoms with E-state index in [1.807, 2.05) is 0 Å². The molecule has 1 aromatic rings. The lowest BCUT2D eigenvalue weighted by Crippen LogP contribution is -2.38. The number of piperidine rings is 1. The Balaban J connectivity index is 2.10. The summed E-state index contributed by atoms with van der Waals surface area (Å²) in [5.74, 6) is 1.58. The Hall–Kier alpha value is -0.830. The molecule has 2 heterocycles. The van der Waals surface area contributed by atoms with Crippen LogP contribution in [0.4, 0.5) is 10.2 Å². The summed E-state index contributed by atoms with van der Waals surface area (Å²) in [6, 6.07) is 1.49. The smallest absolute Gasteiger partial charge is 0.141 e. The third-order valence-electron chi connectivity index (χ3n) is 4.07.